The van der Waals surface area contributed by atoms with Crippen molar-refractivity contribution in [3.63, 3.8) is 0 Å². The minimum atomic E-state index is -0.791. The van der Waals surface area contributed by atoms with Crippen molar-refractivity contribution in [3.8, 4) is 11.5 Å². The molecule has 0 saturated carbocycles. The molecule has 3 rings (SSSR count). The smallest absolute Gasteiger partial charge is 0.353 e. The van der Waals surface area contributed by atoms with Gasteiger partial charge in [-0.15, -0.1) is 0 Å². The van der Waals surface area contributed by atoms with E-state index in [1.807, 2.05) is 0 Å². The molecule has 1 aliphatic heterocycles. The molecule has 166 valence electrons. The molecular weight excluding hydrogens is 467 g/mol. The van der Waals surface area contributed by atoms with Gasteiger partial charge in [0.05, 0.1) is 23.5 Å². The number of hydrogen-bond acceptors (Lipinski definition) is 8. The maximum Gasteiger partial charge on any atom is 0.353 e. The van der Waals surface area contributed by atoms with E-state index in [-0.39, 0.29) is 39.1 Å². The third-order valence-electron chi connectivity index (χ3n) is 4.30. The van der Waals surface area contributed by atoms with Crippen LogP contribution in [0.25, 0.3) is 6.08 Å². The highest BCUT2D eigenvalue weighted by Crippen LogP contribution is 2.42. The third kappa shape index (κ3) is 4.58. The van der Waals surface area contributed by atoms with Crippen LogP contribution in [0.3, 0.4) is 0 Å². The standard InChI is InChI=1S/C20H14ClFN2O7S/c1-10(25)31-15-7-6-11(18(30-2)17(15)24(28)29)8-16-19(26)23(20(27)32-16)9-12-13(21)4-3-5-14(12)22/h3-8H,9H2,1-2H3/b16-8-. The van der Waals surface area contributed by atoms with Crippen LogP contribution in [0.2, 0.25) is 5.02 Å². The van der Waals surface area contributed by atoms with Crippen molar-refractivity contribution in [1.82, 2.24) is 4.90 Å². The average molecular weight is 481 g/mol. The number of carbonyl (C=O) groups is 3. The van der Waals surface area contributed by atoms with E-state index in [9.17, 15) is 28.9 Å². The highest BCUT2D eigenvalue weighted by atomic mass is 35.5. The number of thioether (sulfide) groups is 1. The molecule has 0 unspecified atom stereocenters. The highest BCUT2D eigenvalue weighted by Gasteiger charge is 2.36. The molecule has 1 aliphatic rings. The van der Waals surface area contributed by atoms with Gasteiger partial charge in [-0.3, -0.25) is 29.4 Å². The SMILES string of the molecule is COc1c(/C=C2\SC(=O)N(Cc3c(F)cccc3Cl)C2=O)ccc(OC(C)=O)c1[N+](=O)[O-]. The van der Waals surface area contributed by atoms with Crippen LogP contribution in [0, 0.1) is 15.9 Å². The minimum Gasteiger partial charge on any atom is -0.490 e. The molecule has 0 spiro atoms. The zero-order chi connectivity index (χ0) is 23.6. The van der Waals surface area contributed by atoms with Crippen LogP contribution in [-0.4, -0.2) is 34.0 Å². The van der Waals surface area contributed by atoms with Gasteiger partial charge in [-0.2, -0.15) is 0 Å². The van der Waals surface area contributed by atoms with Gasteiger partial charge in [0.1, 0.15) is 5.82 Å². The van der Waals surface area contributed by atoms with Crippen LogP contribution >= 0.6 is 23.4 Å². The molecule has 2 aromatic carbocycles. The van der Waals surface area contributed by atoms with E-state index in [1.54, 1.807) is 0 Å². The third-order valence-corrected chi connectivity index (χ3v) is 5.56. The second-order valence-electron chi connectivity index (χ2n) is 6.35. The van der Waals surface area contributed by atoms with Crippen molar-refractivity contribution < 1.29 is 33.2 Å². The molecule has 0 bridgehead atoms. The summed E-state index contributed by atoms with van der Waals surface area (Å²) in [5.41, 5.74) is -0.532. The number of carbonyl (C=O) groups excluding carboxylic acids is 3. The van der Waals surface area contributed by atoms with Crippen molar-refractivity contribution in [2.75, 3.05) is 7.11 Å². The van der Waals surface area contributed by atoms with Gasteiger partial charge < -0.3 is 9.47 Å². The fourth-order valence-corrected chi connectivity index (χ4v) is 3.98. The molecule has 0 atom stereocenters. The van der Waals surface area contributed by atoms with Crippen molar-refractivity contribution >= 4 is 52.2 Å². The van der Waals surface area contributed by atoms with Gasteiger partial charge in [-0.05, 0) is 42.1 Å². The summed E-state index contributed by atoms with van der Waals surface area (Å²) in [5, 5.41) is 10.9. The number of nitrogens with zero attached hydrogens (tertiary/aromatic N) is 2. The summed E-state index contributed by atoms with van der Waals surface area (Å²) in [7, 11) is 1.17. The van der Waals surface area contributed by atoms with Crippen LogP contribution in [0.5, 0.6) is 11.5 Å². The van der Waals surface area contributed by atoms with Crippen LogP contribution in [-0.2, 0) is 16.1 Å². The molecule has 12 heteroatoms. The molecule has 0 radical (unpaired) electrons. The lowest BCUT2D eigenvalue weighted by Gasteiger charge is -2.14. The largest absolute Gasteiger partial charge is 0.490 e. The van der Waals surface area contributed by atoms with E-state index in [1.165, 1.54) is 37.5 Å². The van der Waals surface area contributed by atoms with Crippen LogP contribution in [0.4, 0.5) is 14.9 Å². The first-order chi connectivity index (χ1) is 15.1. The Labute approximate surface area is 189 Å². The summed E-state index contributed by atoms with van der Waals surface area (Å²) in [5.74, 6) is -2.76. The first-order valence-corrected chi connectivity index (χ1v) is 10.1. The minimum absolute atomic E-state index is 0.0170. The molecule has 0 aliphatic carbocycles. The Morgan fingerprint density at radius 3 is 2.62 bits per heavy atom. The lowest BCUT2D eigenvalue weighted by Crippen LogP contribution is -2.28. The summed E-state index contributed by atoms with van der Waals surface area (Å²) in [6.07, 6.45) is 1.23. The predicted octanol–water partition coefficient (Wildman–Crippen LogP) is 4.56. The van der Waals surface area contributed by atoms with Crippen LogP contribution < -0.4 is 9.47 Å². The van der Waals surface area contributed by atoms with E-state index in [0.29, 0.717) is 11.8 Å². The number of methoxy groups -OCH3 is 1. The maximum atomic E-state index is 14.1. The number of ether oxygens (including phenoxy) is 2. The van der Waals surface area contributed by atoms with E-state index >= 15 is 0 Å². The summed E-state index contributed by atoms with van der Waals surface area (Å²) in [4.78, 5) is 47.9. The monoisotopic (exact) mass is 480 g/mol. The second-order valence-corrected chi connectivity index (χ2v) is 7.75. The topological polar surface area (TPSA) is 116 Å². The summed E-state index contributed by atoms with van der Waals surface area (Å²) in [6.45, 7) is 0.706. The van der Waals surface area contributed by atoms with Gasteiger partial charge in [-0.1, -0.05) is 17.7 Å². The lowest BCUT2D eigenvalue weighted by molar-refractivity contribution is -0.386. The highest BCUT2D eigenvalue weighted by molar-refractivity contribution is 8.18. The van der Waals surface area contributed by atoms with Crippen molar-refractivity contribution in [2.24, 2.45) is 0 Å². The fourth-order valence-electron chi connectivity index (χ4n) is 2.93. The number of nitro groups is 1. The number of hydrogen-bond donors (Lipinski definition) is 0. The van der Waals surface area contributed by atoms with Crippen molar-refractivity contribution in [2.45, 2.75) is 13.5 Å². The number of imide groups is 1. The molecule has 2 amide bonds. The van der Waals surface area contributed by atoms with Gasteiger partial charge in [0.2, 0.25) is 11.5 Å². The fraction of sp³-hybridized carbons (Fsp3) is 0.150. The summed E-state index contributed by atoms with van der Waals surface area (Å²) < 4.78 is 24.1. The molecule has 2 aromatic rings. The quantitative estimate of drug-likeness (QED) is 0.194. The molecule has 0 N–H and O–H groups in total. The Hall–Kier alpha value is -3.44. The number of esters is 1. The van der Waals surface area contributed by atoms with Crippen LogP contribution in [0.15, 0.2) is 35.2 Å². The second kappa shape index (κ2) is 9.37. The molecule has 1 heterocycles. The normalized spacial score (nSPS) is 14.8. The van der Waals surface area contributed by atoms with Crippen LogP contribution in [0.1, 0.15) is 18.1 Å². The van der Waals surface area contributed by atoms with Gasteiger partial charge in [0, 0.05) is 23.1 Å². The number of rotatable bonds is 6. The first kappa shape index (κ1) is 23.2. The number of benzene rings is 2. The van der Waals surface area contributed by atoms with Gasteiger partial charge in [0.15, 0.2) is 0 Å². The lowest BCUT2D eigenvalue weighted by atomic mass is 10.1. The Bertz CT molecular complexity index is 1160. The van der Waals surface area contributed by atoms with E-state index in [0.717, 1.165) is 17.9 Å². The molecule has 9 nitrogen and oxygen atoms in total. The predicted molar refractivity (Wildman–Crippen MR) is 114 cm³/mol. The Morgan fingerprint density at radius 1 is 1.31 bits per heavy atom. The van der Waals surface area contributed by atoms with Gasteiger partial charge in [-0.25, -0.2) is 4.39 Å². The zero-order valence-electron chi connectivity index (χ0n) is 16.6. The average Bonchev–Trinajstić information content (AvgIpc) is 2.97. The van der Waals surface area contributed by atoms with Gasteiger partial charge >= 0.3 is 11.7 Å². The molecule has 32 heavy (non-hydrogen) atoms. The Morgan fingerprint density at radius 2 is 2.03 bits per heavy atom. The summed E-state index contributed by atoms with van der Waals surface area (Å²) >= 11 is 6.56. The van der Waals surface area contributed by atoms with Crippen molar-refractivity contribution in [1.29, 1.82) is 0 Å². The molecule has 0 aromatic heterocycles. The number of amides is 2. The zero-order valence-corrected chi connectivity index (χ0v) is 18.2. The Balaban J connectivity index is 1.99. The number of nitro benzene ring substituents is 1. The first-order valence-electron chi connectivity index (χ1n) is 8.86. The van der Waals surface area contributed by atoms with E-state index in [4.69, 9.17) is 21.1 Å². The van der Waals surface area contributed by atoms with Crippen molar-refractivity contribution in [3.05, 3.63) is 67.3 Å². The van der Waals surface area contributed by atoms with Gasteiger partial charge in [0.25, 0.3) is 11.1 Å². The maximum absolute atomic E-state index is 14.1. The Kier molecular flexibility index (Phi) is 6.80. The van der Waals surface area contributed by atoms with E-state index in [2.05, 4.69) is 0 Å². The summed E-state index contributed by atoms with van der Waals surface area (Å²) in [6, 6.07) is 6.50. The molecule has 1 saturated heterocycles. The molecule has 1 fully saturated rings. The molecular formula is C20H14ClFN2O7S. The van der Waals surface area contributed by atoms with E-state index < -0.39 is 33.5 Å². The number of halogens is 2.